The van der Waals surface area contributed by atoms with E-state index < -0.39 is 6.85 Å². The third-order valence-electron chi connectivity index (χ3n) is 5.56. The molecule has 0 atom stereocenters. The summed E-state index contributed by atoms with van der Waals surface area (Å²) in [6.45, 7) is -0.669. The molecule has 0 spiro atoms. The topological polar surface area (TPSA) is 33.2 Å². The zero-order valence-corrected chi connectivity index (χ0v) is 16.7. The summed E-state index contributed by atoms with van der Waals surface area (Å²) < 4.78 is 32.7. The number of pyridine rings is 2. The van der Waals surface area contributed by atoms with Gasteiger partial charge in [-0.05, 0) is 55.9 Å². The molecule has 1 aliphatic heterocycles. The van der Waals surface area contributed by atoms with E-state index in [1.165, 1.54) is 0 Å². The number of hydrogen-bond acceptors (Lipinski definition) is 3. The molecule has 5 rings (SSSR count). The van der Waals surface area contributed by atoms with Gasteiger partial charge in [0, 0.05) is 32.9 Å². The Morgan fingerprint density at radius 1 is 1.10 bits per heavy atom. The maximum atomic E-state index is 8.13. The second-order valence-corrected chi connectivity index (χ2v) is 7.57. The summed E-state index contributed by atoms with van der Waals surface area (Å²) in [5, 5.41) is 0.730. The lowest BCUT2D eigenvalue weighted by Crippen LogP contribution is -2.65. The molecule has 1 aliphatic rings. The van der Waals surface area contributed by atoms with Crippen molar-refractivity contribution < 1.29 is 13.1 Å². The van der Waals surface area contributed by atoms with Crippen molar-refractivity contribution in [1.29, 1.82) is 0 Å². The summed E-state index contributed by atoms with van der Waals surface area (Å²) in [5.74, 6) is 0. The van der Waals surface area contributed by atoms with Crippen LogP contribution in [0.15, 0.2) is 71.4 Å². The van der Waals surface area contributed by atoms with Crippen molar-refractivity contribution in [3.63, 3.8) is 0 Å². The molecule has 0 bridgehead atoms. The van der Waals surface area contributed by atoms with E-state index in [1.807, 2.05) is 62.4 Å². The Morgan fingerprint density at radius 2 is 1.93 bits per heavy atom. The van der Waals surface area contributed by atoms with Crippen LogP contribution in [0.3, 0.4) is 0 Å². The highest BCUT2D eigenvalue weighted by Gasteiger charge is 2.41. The van der Waals surface area contributed by atoms with Crippen LogP contribution in [0.4, 0.5) is 0 Å². The maximum Gasteiger partial charge on any atom is 0.443 e. The van der Waals surface area contributed by atoms with Gasteiger partial charge in [0.1, 0.15) is 12.7 Å². The Kier molecular flexibility index (Phi) is 3.34. The maximum absolute atomic E-state index is 8.13. The molecule has 0 radical (unpaired) electrons. The van der Waals surface area contributed by atoms with Gasteiger partial charge in [-0.25, -0.2) is 9.55 Å². The van der Waals surface area contributed by atoms with Gasteiger partial charge < -0.3 is 9.23 Å². The van der Waals surface area contributed by atoms with E-state index in [-0.39, 0.29) is 12.4 Å². The minimum absolute atomic E-state index is 0.275. The number of aromatic nitrogens is 2. The van der Waals surface area contributed by atoms with Crippen LogP contribution in [0.1, 0.15) is 22.2 Å². The van der Waals surface area contributed by atoms with Gasteiger partial charge in [0.05, 0.1) is 0 Å². The molecule has 4 nitrogen and oxygen atoms in total. The lowest BCUT2D eigenvalue weighted by Gasteiger charge is -2.26. The molecule has 0 amide bonds. The molecular formula is C24H23BN3O+. The molecule has 0 fully saturated rings. The normalized spacial score (nSPS) is 15.6. The van der Waals surface area contributed by atoms with Crippen molar-refractivity contribution in [3.05, 3.63) is 78.3 Å². The van der Waals surface area contributed by atoms with Crippen LogP contribution in [0, 0.1) is 6.92 Å². The van der Waals surface area contributed by atoms with Crippen molar-refractivity contribution in [2.75, 3.05) is 7.05 Å². The first-order valence-electron chi connectivity index (χ1n) is 11.1. The Morgan fingerprint density at radius 3 is 2.72 bits per heavy atom. The molecule has 0 unspecified atom stereocenters. The van der Waals surface area contributed by atoms with Crippen LogP contribution in [0.5, 0.6) is 0 Å². The van der Waals surface area contributed by atoms with Crippen LogP contribution >= 0.6 is 0 Å². The second kappa shape index (κ2) is 6.62. The van der Waals surface area contributed by atoms with Gasteiger partial charge in [-0.15, -0.1) is 0 Å². The van der Waals surface area contributed by atoms with E-state index >= 15 is 0 Å². The van der Waals surface area contributed by atoms with Crippen LogP contribution in [-0.4, -0.2) is 23.7 Å². The van der Waals surface area contributed by atoms with Gasteiger partial charge in [-0.2, -0.15) is 0 Å². The molecule has 5 heteroatoms. The first-order chi connectivity index (χ1) is 15.2. The zero-order chi connectivity index (χ0) is 22.6. The number of rotatable bonds is 2. The van der Waals surface area contributed by atoms with Crippen LogP contribution in [0.2, 0.25) is 0 Å². The third kappa shape index (κ3) is 2.85. The lowest BCUT2D eigenvalue weighted by atomic mass is 9.51. The molecule has 0 saturated heterocycles. The van der Waals surface area contributed by atoms with Crippen molar-refractivity contribution >= 4 is 34.8 Å². The van der Waals surface area contributed by atoms with Gasteiger partial charge >= 0.3 is 6.85 Å². The summed E-state index contributed by atoms with van der Waals surface area (Å²) in [7, 11) is 3.88. The van der Waals surface area contributed by atoms with Crippen molar-refractivity contribution in [2.24, 2.45) is 7.05 Å². The van der Waals surface area contributed by atoms with Crippen molar-refractivity contribution in [3.8, 4) is 11.1 Å². The summed E-state index contributed by atoms with van der Waals surface area (Å²) in [5.41, 5.74) is 6.00. The fourth-order valence-electron chi connectivity index (χ4n) is 4.10. The molecule has 29 heavy (non-hydrogen) atoms. The Balaban J connectivity index is 1.75. The minimum atomic E-state index is -2.27. The van der Waals surface area contributed by atoms with E-state index in [0.29, 0.717) is 16.9 Å². The Labute approximate surface area is 175 Å². The van der Waals surface area contributed by atoms with Gasteiger partial charge in [0.2, 0.25) is 5.71 Å². The number of nitrogens with zero attached hydrogens (tertiary/aromatic N) is 3. The lowest BCUT2D eigenvalue weighted by molar-refractivity contribution is -0.654. The smallest absolute Gasteiger partial charge is 0.443 e. The molecular weight excluding hydrogens is 357 g/mol. The Bertz CT molecular complexity index is 1360. The predicted molar refractivity (Wildman–Crippen MR) is 118 cm³/mol. The van der Waals surface area contributed by atoms with Crippen molar-refractivity contribution in [2.45, 2.75) is 13.8 Å². The molecule has 0 aliphatic carbocycles. The minimum Gasteiger partial charge on any atom is -0.449 e. The molecule has 0 saturated carbocycles. The van der Waals surface area contributed by atoms with E-state index in [2.05, 4.69) is 33.8 Å². The summed E-state index contributed by atoms with van der Waals surface area (Å²) in [6, 6.07) is 18.2. The van der Waals surface area contributed by atoms with Crippen LogP contribution in [-0.2, 0) is 7.05 Å². The summed E-state index contributed by atoms with van der Waals surface area (Å²) in [4.78, 5) is 6.46. The number of allylic oxidation sites excluding steroid dienone is 1. The first-order valence-corrected chi connectivity index (χ1v) is 9.63. The molecule has 1 aromatic carbocycles. The average molecular weight is 383 g/mol. The van der Waals surface area contributed by atoms with Crippen molar-refractivity contribution in [1.82, 2.24) is 9.79 Å². The highest BCUT2D eigenvalue weighted by Crippen LogP contribution is 2.29. The van der Waals surface area contributed by atoms with Gasteiger partial charge in [-0.1, -0.05) is 30.3 Å². The molecule has 142 valence electrons. The number of furan rings is 1. The largest absolute Gasteiger partial charge is 0.449 e. The molecule has 3 aromatic heterocycles. The third-order valence-corrected chi connectivity index (χ3v) is 5.56. The number of aryl methyl sites for hydroxylation is 2. The standard InChI is InChI=1S/C24H23BN3O/c1-16-15-28(4)25(23-22(16)20-11-10-17(2)26-24(20)29-23)21-14-19(12-13-27(21)3)18-8-6-5-7-9-18/h5-15H,1-4H3/q+1/i1D3. The summed E-state index contributed by atoms with van der Waals surface area (Å²) >= 11 is 0. The monoisotopic (exact) mass is 383 g/mol. The zero-order valence-electron chi connectivity index (χ0n) is 19.7. The number of benzene rings is 1. The fraction of sp³-hybridized carbons (Fsp3) is 0.167. The molecule has 0 N–H and O–H groups in total. The highest BCUT2D eigenvalue weighted by atomic mass is 16.3. The summed E-state index contributed by atoms with van der Waals surface area (Å²) in [6.07, 6.45) is 3.75. The SMILES string of the molecule is [2H]C([2H])([2H])C1=CN(C)B(c2cc(-c3ccccc3)cc[n+]2C)c2oc3nc(C)ccc3c21. The number of fused-ring (bicyclic) bond motifs is 3. The Hall–Kier alpha value is -3.34. The van der Waals surface area contributed by atoms with E-state index in [0.717, 1.165) is 27.8 Å². The fourth-order valence-corrected chi connectivity index (χ4v) is 4.10. The van der Waals surface area contributed by atoms with Gasteiger partial charge in [0.15, 0.2) is 11.8 Å². The first kappa shape index (κ1) is 14.6. The van der Waals surface area contributed by atoms with Gasteiger partial charge in [-0.3, -0.25) is 0 Å². The van der Waals surface area contributed by atoms with E-state index in [4.69, 9.17) is 8.53 Å². The average Bonchev–Trinajstić information content (AvgIpc) is 3.11. The van der Waals surface area contributed by atoms with E-state index in [9.17, 15) is 0 Å². The highest BCUT2D eigenvalue weighted by molar-refractivity contribution is 6.82. The predicted octanol–water partition coefficient (Wildman–Crippen LogP) is 3.04. The number of hydrogen-bond donors (Lipinski definition) is 0. The van der Waals surface area contributed by atoms with E-state index in [1.54, 1.807) is 6.20 Å². The molecule has 4 aromatic rings. The van der Waals surface area contributed by atoms with Crippen LogP contribution in [0.25, 0.3) is 27.8 Å². The molecule has 4 heterocycles. The van der Waals surface area contributed by atoms with Gasteiger partial charge in [0.25, 0.3) is 0 Å². The quantitative estimate of drug-likeness (QED) is 0.394. The second-order valence-electron chi connectivity index (χ2n) is 7.57. The van der Waals surface area contributed by atoms with Crippen LogP contribution < -0.4 is 15.8 Å².